The summed E-state index contributed by atoms with van der Waals surface area (Å²) in [6.07, 6.45) is 2.21. The molecule has 3 rings (SSSR count). The molecule has 0 bridgehead atoms. The van der Waals surface area contributed by atoms with E-state index in [-0.39, 0.29) is 18.7 Å². The van der Waals surface area contributed by atoms with Gasteiger partial charge in [-0.3, -0.25) is 0 Å². The first kappa shape index (κ1) is 15.6. The van der Waals surface area contributed by atoms with Gasteiger partial charge in [-0.15, -0.1) is 0 Å². The van der Waals surface area contributed by atoms with Crippen molar-refractivity contribution >= 4 is 17.1 Å². The molecule has 7 nitrogen and oxygen atoms in total. The van der Waals surface area contributed by atoms with E-state index in [1.54, 1.807) is 31.2 Å². The van der Waals surface area contributed by atoms with Crippen LogP contribution >= 0.6 is 0 Å². The number of fused-ring (bicyclic) bond motifs is 1. The SMILES string of the molecule is COc1ccc2oc(CNC(=O)N(C)C[C@@H]3CCCO3)nc2c1. The molecule has 0 aliphatic carbocycles. The topological polar surface area (TPSA) is 76.8 Å². The Balaban J connectivity index is 1.55. The van der Waals surface area contributed by atoms with Gasteiger partial charge in [0.05, 0.1) is 19.8 Å². The molecule has 1 aliphatic rings. The van der Waals surface area contributed by atoms with E-state index in [4.69, 9.17) is 13.9 Å². The zero-order valence-corrected chi connectivity index (χ0v) is 13.4. The van der Waals surface area contributed by atoms with Gasteiger partial charge in [-0.1, -0.05) is 0 Å². The molecular weight excluding hydrogens is 298 g/mol. The molecule has 124 valence electrons. The molecular formula is C16H21N3O4. The third kappa shape index (κ3) is 3.73. The van der Waals surface area contributed by atoms with E-state index in [1.165, 1.54) is 0 Å². The average molecular weight is 319 g/mol. The fourth-order valence-corrected chi connectivity index (χ4v) is 2.62. The summed E-state index contributed by atoms with van der Waals surface area (Å²) in [5.41, 5.74) is 1.38. The Kier molecular flexibility index (Phi) is 4.66. The lowest BCUT2D eigenvalue weighted by molar-refractivity contribution is 0.0873. The minimum absolute atomic E-state index is 0.141. The van der Waals surface area contributed by atoms with E-state index >= 15 is 0 Å². The summed E-state index contributed by atoms with van der Waals surface area (Å²) < 4.78 is 16.3. The quantitative estimate of drug-likeness (QED) is 0.914. The van der Waals surface area contributed by atoms with Crippen molar-refractivity contribution in [2.24, 2.45) is 0 Å². The van der Waals surface area contributed by atoms with Crippen molar-refractivity contribution in [1.82, 2.24) is 15.2 Å². The highest BCUT2D eigenvalue weighted by atomic mass is 16.5. The predicted molar refractivity (Wildman–Crippen MR) is 84.4 cm³/mol. The van der Waals surface area contributed by atoms with Crippen LogP contribution < -0.4 is 10.1 Å². The largest absolute Gasteiger partial charge is 0.497 e. The summed E-state index contributed by atoms with van der Waals surface area (Å²) in [7, 11) is 3.36. The van der Waals surface area contributed by atoms with E-state index < -0.39 is 0 Å². The summed E-state index contributed by atoms with van der Waals surface area (Å²) in [5, 5.41) is 2.81. The van der Waals surface area contributed by atoms with Crippen LogP contribution in [-0.2, 0) is 11.3 Å². The predicted octanol–water partition coefficient (Wildman–Crippen LogP) is 2.16. The van der Waals surface area contributed by atoms with Gasteiger partial charge in [0.25, 0.3) is 0 Å². The number of nitrogens with one attached hydrogen (secondary N) is 1. The van der Waals surface area contributed by atoms with Crippen LogP contribution in [0.4, 0.5) is 4.79 Å². The summed E-state index contributed by atoms with van der Waals surface area (Å²) in [6.45, 7) is 1.62. The number of rotatable bonds is 5. The molecule has 2 aromatic rings. The number of aromatic nitrogens is 1. The second-order valence-electron chi connectivity index (χ2n) is 5.62. The zero-order chi connectivity index (χ0) is 16.2. The zero-order valence-electron chi connectivity index (χ0n) is 13.4. The van der Waals surface area contributed by atoms with Crippen LogP contribution in [0.2, 0.25) is 0 Å². The maximum absolute atomic E-state index is 12.1. The molecule has 0 unspecified atom stereocenters. The normalized spacial score (nSPS) is 17.4. The Labute approximate surface area is 134 Å². The fourth-order valence-electron chi connectivity index (χ4n) is 2.62. The van der Waals surface area contributed by atoms with Gasteiger partial charge in [-0.2, -0.15) is 0 Å². The van der Waals surface area contributed by atoms with Crippen LogP contribution in [0.15, 0.2) is 22.6 Å². The molecule has 1 aromatic heterocycles. The molecule has 1 atom stereocenters. The highest BCUT2D eigenvalue weighted by Gasteiger charge is 2.20. The molecule has 7 heteroatoms. The number of hydrogen-bond acceptors (Lipinski definition) is 5. The second-order valence-corrected chi connectivity index (χ2v) is 5.62. The van der Waals surface area contributed by atoms with Crippen LogP contribution in [0.25, 0.3) is 11.1 Å². The molecule has 1 N–H and O–H groups in total. The van der Waals surface area contributed by atoms with Crippen molar-refractivity contribution in [2.45, 2.75) is 25.5 Å². The van der Waals surface area contributed by atoms with Gasteiger partial charge in [0.15, 0.2) is 5.58 Å². The number of oxazole rings is 1. The van der Waals surface area contributed by atoms with E-state index in [9.17, 15) is 4.79 Å². The first-order chi connectivity index (χ1) is 11.2. The number of nitrogens with zero attached hydrogens (tertiary/aromatic N) is 2. The molecule has 0 saturated carbocycles. The van der Waals surface area contributed by atoms with Gasteiger partial charge in [-0.25, -0.2) is 9.78 Å². The van der Waals surface area contributed by atoms with Gasteiger partial charge < -0.3 is 24.1 Å². The van der Waals surface area contributed by atoms with Crippen LogP contribution in [0.5, 0.6) is 5.75 Å². The highest BCUT2D eigenvalue weighted by Crippen LogP contribution is 2.21. The monoisotopic (exact) mass is 319 g/mol. The van der Waals surface area contributed by atoms with Crippen LogP contribution in [0.1, 0.15) is 18.7 Å². The fraction of sp³-hybridized carbons (Fsp3) is 0.500. The third-order valence-electron chi connectivity index (χ3n) is 3.88. The van der Waals surface area contributed by atoms with Gasteiger partial charge >= 0.3 is 6.03 Å². The van der Waals surface area contributed by atoms with Crippen molar-refractivity contribution in [1.29, 1.82) is 0 Å². The number of carbonyl (C=O) groups excluding carboxylic acids is 1. The number of ether oxygens (including phenoxy) is 2. The van der Waals surface area contributed by atoms with Gasteiger partial charge in [0.1, 0.15) is 11.3 Å². The van der Waals surface area contributed by atoms with Gasteiger partial charge in [0, 0.05) is 26.3 Å². The summed E-state index contributed by atoms with van der Waals surface area (Å²) >= 11 is 0. The Morgan fingerprint density at radius 1 is 1.52 bits per heavy atom. The minimum Gasteiger partial charge on any atom is -0.497 e. The Bertz CT molecular complexity index is 679. The standard InChI is InChI=1S/C16H21N3O4/c1-19(10-12-4-3-7-22-12)16(20)17-9-15-18-13-8-11(21-2)5-6-14(13)23-15/h5-6,8,12H,3-4,7,9-10H2,1-2H3,(H,17,20)/t12-/m0/s1. The third-order valence-corrected chi connectivity index (χ3v) is 3.88. The smallest absolute Gasteiger partial charge is 0.317 e. The van der Waals surface area contributed by atoms with Crippen LogP contribution in [-0.4, -0.2) is 49.3 Å². The van der Waals surface area contributed by atoms with Crippen molar-refractivity contribution in [3.63, 3.8) is 0 Å². The minimum atomic E-state index is -0.166. The number of hydrogen-bond donors (Lipinski definition) is 1. The van der Waals surface area contributed by atoms with Crippen molar-refractivity contribution in [3.8, 4) is 5.75 Å². The first-order valence-corrected chi connectivity index (χ1v) is 7.70. The number of carbonyl (C=O) groups is 1. The first-order valence-electron chi connectivity index (χ1n) is 7.70. The summed E-state index contributed by atoms with van der Waals surface area (Å²) in [5.74, 6) is 1.19. The van der Waals surface area contributed by atoms with Crippen molar-refractivity contribution in [3.05, 3.63) is 24.1 Å². The number of amides is 2. The Morgan fingerprint density at radius 3 is 3.13 bits per heavy atom. The highest BCUT2D eigenvalue weighted by molar-refractivity contribution is 5.75. The number of urea groups is 1. The summed E-state index contributed by atoms with van der Waals surface area (Å²) in [6, 6.07) is 5.25. The van der Waals surface area contributed by atoms with Crippen molar-refractivity contribution in [2.75, 3.05) is 27.3 Å². The Morgan fingerprint density at radius 2 is 2.39 bits per heavy atom. The number of methoxy groups -OCH3 is 1. The Hall–Kier alpha value is -2.28. The maximum Gasteiger partial charge on any atom is 0.317 e. The molecule has 23 heavy (non-hydrogen) atoms. The average Bonchev–Trinajstić information content (AvgIpc) is 3.20. The lowest BCUT2D eigenvalue weighted by atomic mass is 10.2. The lowest BCUT2D eigenvalue weighted by Gasteiger charge is -2.20. The van der Waals surface area contributed by atoms with Crippen molar-refractivity contribution < 1.29 is 18.7 Å². The maximum atomic E-state index is 12.1. The van der Waals surface area contributed by atoms with Gasteiger partial charge in [-0.05, 0) is 25.0 Å². The molecule has 0 spiro atoms. The molecule has 1 saturated heterocycles. The molecule has 0 radical (unpaired) electrons. The lowest BCUT2D eigenvalue weighted by Crippen LogP contribution is -2.40. The van der Waals surface area contributed by atoms with E-state index in [2.05, 4.69) is 10.3 Å². The molecule has 2 heterocycles. The molecule has 1 aliphatic heterocycles. The van der Waals surface area contributed by atoms with Crippen LogP contribution in [0.3, 0.4) is 0 Å². The van der Waals surface area contributed by atoms with E-state index in [0.717, 1.165) is 25.2 Å². The van der Waals surface area contributed by atoms with E-state index in [0.29, 0.717) is 23.5 Å². The molecule has 1 fully saturated rings. The summed E-state index contributed by atoms with van der Waals surface area (Å²) in [4.78, 5) is 18.1. The van der Waals surface area contributed by atoms with Crippen LogP contribution in [0, 0.1) is 0 Å². The van der Waals surface area contributed by atoms with Gasteiger partial charge in [0.2, 0.25) is 5.89 Å². The number of likely N-dealkylation sites (N-methyl/N-ethyl adjacent to an activating group) is 1. The molecule has 2 amide bonds. The second kappa shape index (κ2) is 6.87. The molecule has 1 aromatic carbocycles. The number of benzene rings is 1. The van der Waals surface area contributed by atoms with E-state index in [1.807, 2.05) is 6.07 Å².